The molecule has 0 saturated heterocycles. The predicted octanol–water partition coefficient (Wildman–Crippen LogP) is 1.74. The lowest BCUT2D eigenvalue weighted by Crippen LogP contribution is -2.48. The topological polar surface area (TPSA) is 73.2 Å². The SMILES string of the molecule is COC(=O)[C@@H]1[C@H]2CC[C@@H](C2)[C@H]1NC(=O)Cn1ncc2ccccc21. The van der Waals surface area contributed by atoms with Crippen LogP contribution in [0.2, 0.25) is 0 Å². The van der Waals surface area contributed by atoms with Crippen molar-refractivity contribution in [2.24, 2.45) is 17.8 Å². The molecule has 1 aromatic heterocycles. The molecule has 4 atom stereocenters. The molecule has 4 rings (SSSR count). The number of benzene rings is 1. The minimum Gasteiger partial charge on any atom is -0.469 e. The van der Waals surface area contributed by atoms with E-state index in [0.717, 1.165) is 30.2 Å². The van der Waals surface area contributed by atoms with E-state index < -0.39 is 0 Å². The highest BCUT2D eigenvalue weighted by Crippen LogP contribution is 2.48. The van der Waals surface area contributed by atoms with Crippen LogP contribution >= 0.6 is 0 Å². The van der Waals surface area contributed by atoms with E-state index >= 15 is 0 Å². The Morgan fingerprint density at radius 2 is 2.08 bits per heavy atom. The van der Waals surface area contributed by atoms with Gasteiger partial charge in [-0.05, 0) is 37.2 Å². The molecule has 0 aliphatic heterocycles. The van der Waals surface area contributed by atoms with Gasteiger partial charge in [0, 0.05) is 11.4 Å². The molecule has 2 aliphatic rings. The quantitative estimate of drug-likeness (QED) is 0.868. The third kappa shape index (κ3) is 2.46. The van der Waals surface area contributed by atoms with Crippen molar-refractivity contribution in [2.45, 2.75) is 31.8 Å². The third-order valence-electron chi connectivity index (χ3n) is 5.56. The van der Waals surface area contributed by atoms with Crippen LogP contribution in [-0.4, -0.2) is 34.8 Å². The maximum atomic E-state index is 12.5. The molecule has 6 heteroatoms. The average molecular weight is 327 g/mol. The lowest BCUT2D eigenvalue weighted by atomic mass is 9.84. The highest BCUT2D eigenvalue weighted by Gasteiger charge is 2.51. The number of methoxy groups -OCH3 is 1. The number of hydrogen-bond acceptors (Lipinski definition) is 4. The number of nitrogens with one attached hydrogen (secondary N) is 1. The number of carbonyl (C=O) groups is 2. The summed E-state index contributed by atoms with van der Waals surface area (Å²) < 4.78 is 6.65. The summed E-state index contributed by atoms with van der Waals surface area (Å²) in [7, 11) is 1.42. The molecular weight excluding hydrogens is 306 g/mol. The van der Waals surface area contributed by atoms with Crippen LogP contribution in [0.1, 0.15) is 19.3 Å². The van der Waals surface area contributed by atoms with Crippen LogP contribution in [0, 0.1) is 17.8 Å². The number of fused-ring (bicyclic) bond motifs is 3. The minimum absolute atomic E-state index is 0.102. The van der Waals surface area contributed by atoms with Crippen molar-refractivity contribution in [3.8, 4) is 0 Å². The minimum atomic E-state index is -0.202. The Morgan fingerprint density at radius 3 is 2.92 bits per heavy atom. The van der Waals surface area contributed by atoms with Gasteiger partial charge < -0.3 is 10.1 Å². The van der Waals surface area contributed by atoms with Gasteiger partial charge in [-0.25, -0.2) is 0 Å². The lowest BCUT2D eigenvalue weighted by Gasteiger charge is -2.29. The van der Waals surface area contributed by atoms with Gasteiger partial charge in [-0.15, -0.1) is 0 Å². The van der Waals surface area contributed by atoms with E-state index in [1.807, 2.05) is 24.3 Å². The monoisotopic (exact) mass is 327 g/mol. The maximum Gasteiger partial charge on any atom is 0.311 e. The molecule has 2 aliphatic carbocycles. The Bertz CT molecular complexity index is 785. The number of para-hydroxylation sites is 1. The van der Waals surface area contributed by atoms with Crippen molar-refractivity contribution in [2.75, 3.05) is 7.11 Å². The molecule has 1 heterocycles. The third-order valence-corrected chi connectivity index (χ3v) is 5.56. The molecule has 1 amide bonds. The van der Waals surface area contributed by atoms with E-state index in [0.29, 0.717) is 11.8 Å². The van der Waals surface area contributed by atoms with Gasteiger partial charge in [-0.3, -0.25) is 14.3 Å². The van der Waals surface area contributed by atoms with Crippen molar-refractivity contribution >= 4 is 22.8 Å². The molecule has 0 spiro atoms. The molecule has 24 heavy (non-hydrogen) atoms. The second-order valence-electron chi connectivity index (χ2n) is 6.84. The lowest BCUT2D eigenvalue weighted by molar-refractivity contribution is -0.148. The van der Waals surface area contributed by atoms with Gasteiger partial charge in [-0.2, -0.15) is 5.10 Å². The van der Waals surface area contributed by atoms with Crippen LogP contribution < -0.4 is 5.32 Å². The first-order chi connectivity index (χ1) is 11.7. The van der Waals surface area contributed by atoms with Crippen molar-refractivity contribution in [1.29, 1.82) is 0 Å². The number of amides is 1. The van der Waals surface area contributed by atoms with Crippen LogP contribution in [-0.2, 0) is 20.9 Å². The van der Waals surface area contributed by atoms with Gasteiger partial charge in [0.1, 0.15) is 6.54 Å². The Labute approximate surface area is 140 Å². The summed E-state index contributed by atoms with van der Waals surface area (Å²) in [6.07, 6.45) is 4.90. The van der Waals surface area contributed by atoms with Crippen molar-refractivity contribution < 1.29 is 14.3 Å². The standard InChI is InChI=1S/C18H21N3O3/c1-24-18(23)16-11-6-7-12(8-11)17(16)20-15(22)10-21-14-5-3-2-4-13(14)9-19-21/h2-5,9,11-12,16-17H,6-8,10H2,1H3,(H,20,22)/t11-,12-,16+,17+/m0/s1. The van der Waals surface area contributed by atoms with Crippen LogP contribution in [0.15, 0.2) is 30.5 Å². The Hall–Kier alpha value is -2.37. The summed E-state index contributed by atoms with van der Waals surface area (Å²) in [4.78, 5) is 24.6. The summed E-state index contributed by atoms with van der Waals surface area (Å²) in [6, 6.07) is 7.70. The van der Waals surface area contributed by atoms with Crippen LogP contribution in [0.3, 0.4) is 0 Å². The van der Waals surface area contributed by atoms with Gasteiger partial charge in [0.15, 0.2) is 0 Å². The van der Waals surface area contributed by atoms with Gasteiger partial charge >= 0.3 is 5.97 Å². The fourth-order valence-corrected chi connectivity index (χ4v) is 4.49. The second kappa shape index (κ2) is 5.92. The maximum absolute atomic E-state index is 12.5. The van der Waals surface area contributed by atoms with E-state index in [2.05, 4.69) is 10.4 Å². The normalized spacial score (nSPS) is 28.2. The molecule has 0 unspecified atom stereocenters. The summed E-state index contributed by atoms with van der Waals surface area (Å²) >= 11 is 0. The molecule has 2 fully saturated rings. The summed E-state index contributed by atoms with van der Waals surface area (Å²) in [5, 5.41) is 8.38. The van der Waals surface area contributed by atoms with E-state index in [9.17, 15) is 9.59 Å². The summed E-state index contributed by atoms with van der Waals surface area (Å²) in [5.74, 6) is 0.232. The molecule has 2 aromatic rings. The van der Waals surface area contributed by atoms with Gasteiger partial charge in [0.2, 0.25) is 5.91 Å². The number of carbonyl (C=O) groups excluding carboxylic acids is 2. The van der Waals surface area contributed by atoms with E-state index in [1.165, 1.54) is 7.11 Å². The number of esters is 1. The highest BCUT2D eigenvalue weighted by atomic mass is 16.5. The largest absolute Gasteiger partial charge is 0.469 e. The average Bonchev–Trinajstić information content (AvgIpc) is 3.29. The highest BCUT2D eigenvalue weighted by molar-refractivity contribution is 5.83. The molecule has 126 valence electrons. The molecule has 1 N–H and O–H groups in total. The van der Waals surface area contributed by atoms with Crippen molar-refractivity contribution in [3.05, 3.63) is 30.5 Å². The first kappa shape index (κ1) is 15.2. The molecule has 1 aromatic carbocycles. The first-order valence-corrected chi connectivity index (χ1v) is 8.45. The summed E-state index contributed by atoms with van der Waals surface area (Å²) in [6.45, 7) is 0.162. The predicted molar refractivity (Wildman–Crippen MR) is 88.0 cm³/mol. The number of aromatic nitrogens is 2. The Morgan fingerprint density at radius 1 is 1.29 bits per heavy atom. The van der Waals surface area contributed by atoms with Crippen LogP contribution in [0.25, 0.3) is 10.9 Å². The van der Waals surface area contributed by atoms with Gasteiger partial charge in [-0.1, -0.05) is 18.2 Å². The van der Waals surface area contributed by atoms with Crippen molar-refractivity contribution in [3.63, 3.8) is 0 Å². The van der Waals surface area contributed by atoms with E-state index in [1.54, 1.807) is 10.9 Å². The number of hydrogen-bond donors (Lipinski definition) is 1. The van der Waals surface area contributed by atoms with Gasteiger partial charge in [0.25, 0.3) is 0 Å². The smallest absolute Gasteiger partial charge is 0.311 e. The molecule has 6 nitrogen and oxygen atoms in total. The molecule has 2 bridgehead atoms. The fourth-order valence-electron chi connectivity index (χ4n) is 4.49. The number of nitrogens with zero attached hydrogens (tertiary/aromatic N) is 2. The number of ether oxygens (including phenoxy) is 1. The zero-order chi connectivity index (χ0) is 16.7. The van der Waals surface area contributed by atoms with E-state index in [-0.39, 0.29) is 30.4 Å². The van der Waals surface area contributed by atoms with Crippen LogP contribution in [0.4, 0.5) is 0 Å². The Kier molecular flexibility index (Phi) is 3.75. The molecule has 0 radical (unpaired) electrons. The van der Waals surface area contributed by atoms with Crippen LogP contribution in [0.5, 0.6) is 0 Å². The summed E-state index contributed by atoms with van der Waals surface area (Å²) in [5.41, 5.74) is 0.935. The van der Waals surface area contributed by atoms with Gasteiger partial charge in [0.05, 0.1) is 24.7 Å². The zero-order valence-corrected chi connectivity index (χ0v) is 13.6. The second-order valence-corrected chi connectivity index (χ2v) is 6.84. The van der Waals surface area contributed by atoms with E-state index in [4.69, 9.17) is 4.74 Å². The molecule has 2 saturated carbocycles. The zero-order valence-electron chi connectivity index (χ0n) is 13.6. The number of rotatable bonds is 4. The van der Waals surface area contributed by atoms with Crippen molar-refractivity contribution in [1.82, 2.24) is 15.1 Å². The fraction of sp³-hybridized carbons (Fsp3) is 0.500. The first-order valence-electron chi connectivity index (χ1n) is 8.45. The Balaban J connectivity index is 1.48. The molecular formula is C18H21N3O3.